The predicted molar refractivity (Wildman–Crippen MR) is 58.3 cm³/mol. The molecule has 15 heavy (non-hydrogen) atoms. The van der Waals surface area contributed by atoms with Gasteiger partial charge in [0.2, 0.25) is 0 Å². The zero-order chi connectivity index (χ0) is 11.4. The van der Waals surface area contributed by atoms with E-state index in [4.69, 9.17) is 4.74 Å². The summed E-state index contributed by atoms with van der Waals surface area (Å²) in [7, 11) is 0. The van der Waals surface area contributed by atoms with Crippen molar-refractivity contribution < 1.29 is 14.6 Å². The molecule has 2 rings (SSSR count). The summed E-state index contributed by atoms with van der Waals surface area (Å²) >= 11 is 0. The number of fused-ring (bicyclic) bond motifs is 1. The smallest absolute Gasteiger partial charge is 0.262 e. The second kappa shape index (κ2) is 4.68. The molecule has 0 aliphatic carbocycles. The van der Waals surface area contributed by atoms with Crippen molar-refractivity contribution in [1.82, 2.24) is 0 Å². The first kappa shape index (κ1) is 11.4. The Balaban J connectivity index is 0.000000531. The number of carbonyl (C=O) groups is 1. The molecule has 0 unspecified atom stereocenters. The number of phenols is 1. The molecule has 4 nitrogen and oxygen atoms in total. The van der Waals surface area contributed by atoms with Gasteiger partial charge in [-0.2, -0.15) is 0 Å². The quantitative estimate of drug-likeness (QED) is 0.643. The first-order valence-corrected chi connectivity index (χ1v) is 4.93. The summed E-state index contributed by atoms with van der Waals surface area (Å²) in [6.45, 7) is 5.87. The van der Waals surface area contributed by atoms with Crippen LogP contribution in [0.4, 0.5) is 5.69 Å². The molecule has 0 fully saturated rings. The molecule has 1 amide bonds. The maximum Gasteiger partial charge on any atom is 0.262 e. The predicted octanol–water partition coefficient (Wildman–Crippen LogP) is 2.06. The number of aryl methyl sites for hydroxylation is 1. The van der Waals surface area contributed by atoms with Crippen LogP contribution >= 0.6 is 0 Å². The fourth-order valence-corrected chi connectivity index (χ4v) is 1.30. The van der Waals surface area contributed by atoms with Crippen LogP contribution in [0.2, 0.25) is 0 Å². The summed E-state index contributed by atoms with van der Waals surface area (Å²) in [5.41, 5.74) is 1.27. The summed E-state index contributed by atoms with van der Waals surface area (Å²) in [6, 6.07) is 3.27. The fourth-order valence-electron chi connectivity index (χ4n) is 1.30. The number of hydrogen-bond acceptors (Lipinski definition) is 3. The first-order valence-electron chi connectivity index (χ1n) is 4.93. The van der Waals surface area contributed by atoms with Crippen LogP contribution in [0.3, 0.4) is 0 Å². The van der Waals surface area contributed by atoms with E-state index in [9.17, 15) is 9.90 Å². The molecule has 1 aliphatic rings. The van der Waals surface area contributed by atoms with Gasteiger partial charge in [0, 0.05) is 0 Å². The van der Waals surface area contributed by atoms with Gasteiger partial charge in [-0.15, -0.1) is 0 Å². The van der Waals surface area contributed by atoms with E-state index < -0.39 is 0 Å². The van der Waals surface area contributed by atoms with Crippen LogP contribution in [-0.4, -0.2) is 17.6 Å². The van der Waals surface area contributed by atoms with Crippen molar-refractivity contribution in [1.29, 1.82) is 0 Å². The number of carbonyl (C=O) groups excluding carboxylic acids is 1. The Morgan fingerprint density at radius 1 is 1.40 bits per heavy atom. The van der Waals surface area contributed by atoms with Gasteiger partial charge < -0.3 is 15.2 Å². The van der Waals surface area contributed by atoms with Crippen LogP contribution in [0.25, 0.3) is 0 Å². The number of benzene rings is 1. The number of anilines is 1. The van der Waals surface area contributed by atoms with E-state index in [0.29, 0.717) is 11.4 Å². The lowest BCUT2D eigenvalue weighted by Gasteiger charge is -2.20. The summed E-state index contributed by atoms with van der Waals surface area (Å²) in [6.07, 6.45) is 0. The zero-order valence-electron chi connectivity index (χ0n) is 9.13. The summed E-state index contributed by atoms with van der Waals surface area (Å²) < 4.78 is 5.18. The lowest BCUT2D eigenvalue weighted by Crippen LogP contribution is -2.25. The van der Waals surface area contributed by atoms with Crippen molar-refractivity contribution in [2.75, 3.05) is 11.9 Å². The minimum absolute atomic E-state index is 0.0112. The molecule has 0 atom stereocenters. The van der Waals surface area contributed by atoms with Crippen LogP contribution in [0.15, 0.2) is 12.1 Å². The van der Waals surface area contributed by atoms with Crippen molar-refractivity contribution in [3.8, 4) is 11.5 Å². The molecule has 0 radical (unpaired) electrons. The van der Waals surface area contributed by atoms with Gasteiger partial charge in [0.1, 0.15) is 17.2 Å². The van der Waals surface area contributed by atoms with Crippen LogP contribution in [0.1, 0.15) is 19.4 Å². The molecular formula is C11H15NO3. The van der Waals surface area contributed by atoms with Gasteiger partial charge in [-0.25, -0.2) is 0 Å². The Bertz CT molecular complexity index is 374. The highest BCUT2D eigenvalue weighted by Gasteiger charge is 2.20. The van der Waals surface area contributed by atoms with Crippen molar-refractivity contribution in [2.24, 2.45) is 0 Å². The molecule has 0 saturated heterocycles. The van der Waals surface area contributed by atoms with Crippen molar-refractivity contribution >= 4 is 11.6 Å². The molecule has 82 valence electrons. The number of aromatic hydroxyl groups is 1. The van der Waals surface area contributed by atoms with Gasteiger partial charge >= 0.3 is 0 Å². The lowest BCUT2D eigenvalue weighted by molar-refractivity contribution is -0.118. The average Bonchev–Trinajstić information content (AvgIpc) is 2.27. The van der Waals surface area contributed by atoms with Crippen molar-refractivity contribution in [3.05, 3.63) is 17.7 Å². The normalized spacial score (nSPS) is 12.9. The Hall–Kier alpha value is -1.71. The van der Waals surface area contributed by atoms with E-state index in [1.165, 1.54) is 6.07 Å². The molecule has 1 heterocycles. The van der Waals surface area contributed by atoms with E-state index in [-0.39, 0.29) is 18.3 Å². The Morgan fingerprint density at radius 2 is 2.07 bits per heavy atom. The molecular weight excluding hydrogens is 194 g/mol. The van der Waals surface area contributed by atoms with Gasteiger partial charge in [0.05, 0.1) is 0 Å². The number of amides is 1. The molecule has 0 aromatic heterocycles. The number of ether oxygens (including phenoxy) is 1. The van der Waals surface area contributed by atoms with Gasteiger partial charge in [-0.05, 0) is 18.6 Å². The second-order valence-corrected chi connectivity index (χ2v) is 2.94. The van der Waals surface area contributed by atoms with Gasteiger partial charge in [0.15, 0.2) is 6.61 Å². The van der Waals surface area contributed by atoms with Gasteiger partial charge in [0.25, 0.3) is 5.91 Å². The van der Waals surface area contributed by atoms with E-state index in [1.54, 1.807) is 6.07 Å². The third kappa shape index (κ3) is 2.21. The largest absolute Gasteiger partial charge is 0.506 e. The number of hydrogen-bond donors (Lipinski definition) is 2. The number of rotatable bonds is 0. The molecule has 1 aliphatic heterocycles. The minimum Gasteiger partial charge on any atom is -0.506 e. The maximum atomic E-state index is 10.9. The first-order chi connectivity index (χ1) is 7.18. The van der Waals surface area contributed by atoms with Gasteiger partial charge in [-0.3, -0.25) is 4.79 Å². The molecule has 4 heteroatoms. The minimum atomic E-state index is -0.242. The molecule has 2 N–H and O–H groups in total. The van der Waals surface area contributed by atoms with Crippen LogP contribution < -0.4 is 10.1 Å². The van der Waals surface area contributed by atoms with E-state index in [0.717, 1.165) is 5.56 Å². The Morgan fingerprint density at radius 3 is 2.73 bits per heavy atom. The SMILES string of the molecule is CC.Cc1ccc(O)c2c1OCC(=O)N2. The average molecular weight is 209 g/mol. The van der Waals surface area contributed by atoms with Crippen molar-refractivity contribution in [3.63, 3.8) is 0 Å². The summed E-state index contributed by atoms with van der Waals surface area (Å²) in [5, 5.41) is 12.0. The molecule has 0 saturated carbocycles. The van der Waals surface area contributed by atoms with Crippen LogP contribution in [-0.2, 0) is 4.79 Å². The topological polar surface area (TPSA) is 58.6 Å². The number of nitrogens with one attached hydrogen (secondary N) is 1. The van der Waals surface area contributed by atoms with E-state index >= 15 is 0 Å². The number of phenolic OH excluding ortho intramolecular Hbond substituents is 1. The third-order valence-corrected chi connectivity index (χ3v) is 1.94. The zero-order valence-corrected chi connectivity index (χ0v) is 9.13. The highest BCUT2D eigenvalue weighted by atomic mass is 16.5. The van der Waals surface area contributed by atoms with E-state index in [2.05, 4.69) is 5.32 Å². The molecule has 1 aromatic rings. The van der Waals surface area contributed by atoms with Crippen molar-refractivity contribution in [2.45, 2.75) is 20.8 Å². The standard InChI is InChI=1S/C9H9NO3.C2H6/c1-5-2-3-6(11)8-9(5)13-4-7(12)10-8;1-2/h2-3,11H,4H2,1H3,(H,10,12);1-2H3. The van der Waals surface area contributed by atoms with Crippen LogP contribution in [0.5, 0.6) is 11.5 Å². The monoisotopic (exact) mass is 209 g/mol. The highest BCUT2D eigenvalue weighted by molar-refractivity contribution is 5.97. The third-order valence-electron chi connectivity index (χ3n) is 1.94. The molecule has 0 spiro atoms. The summed E-state index contributed by atoms with van der Waals surface area (Å²) in [4.78, 5) is 10.9. The van der Waals surface area contributed by atoms with E-state index in [1.807, 2.05) is 20.8 Å². The second-order valence-electron chi connectivity index (χ2n) is 2.94. The maximum absolute atomic E-state index is 10.9. The van der Waals surface area contributed by atoms with Gasteiger partial charge in [-0.1, -0.05) is 19.9 Å². The summed E-state index contributed by atoms with van der Waals surface area (Å²) in [5.74, 6) is 0.349. The highest BCUT2D eigenvalue weighted by Crippen LogP contribution is 2.38. The fraction of sp³-hybridized carbons (Fsp3) is 0.364. The lowest BCUT2D eigenvalue weighted by atomic mass is 10.1. The molecule has 0 bridgehead atoms. The Kier molecular flexibility index (Phi) is 3.55. The van der Waals surface area contributed by atoms with Crippen LogP contribution in [0, 0.1) is 6.92 Å². The Labute approximate surface area is 88.9 Å². The molecule has 1 aromatic carbocycles.